The number of aromatic nitrogens is 1. The van der Waals surface area contributed by atoms with Crippen LogP contribution in [0.5, 0.6) is 0 Å². The van der Waals surface area contributed by atoms with E-state index in [1.165, 1.54) is 11.8 Å². The van der Waals surface area contributed by atoms with Crippen molar-refractivity contribution in [3.05, 3.63) is 76.4 Å². The first kappa shape index (κ1) is 28.3. The summed E-state index contributed by atoms with van der Waals surface area (Å²) in [6.07, 6.45) is 11.9. The third kappa shape index (κ3) is 8.41. The zero-order valence-electron chi connectivity index (χ0n) is 21.7. The number of nitrogens with zero attached hydrogens (tertiary/aromatic N) is 3. The van der Waals surface area contributed by atoms with Crippen molar-refractivity contribution in [2.24, 2.45) is 16.5 Å². The van der Waals surface area contributed by atoms with E-state index in [9.17, 15) is 14.4 Å². The van der Waals surface area contributed by atoms with Gasteiger partial charge in [0.1, 0.15) is 10.9 Å². The number of aliphatic imine (C=N–C) groups is 1. The Morgan fingerprint density at radius 3 is 2.50 bits per heavy atom. The molecule has 1 aliphatic rings. The van der Waals surface area contributed by atoms with Crippen LogP contribution >= 0.6 is 11.3 Å². The standard InChI is InChI=1S/C27H33N7O3S/c1-17(35)30-27-33-21(15-12-18-10-13-20(14-11-18)31-26(28)29)23(38-27)24(36)32-22(25(37)34(2)3)16-19-8-6-4-5-7-9-19/h4-8,10-11,13-14,22H,9,12,15-16H2,1-3H3,(H,32,36)(H4,28,29,31)(H,30,33,35)/t22-/m0/s1. The predicted octanol–water partition coefficient (Wildman–Crippen LogP) is 2.81. The van der Waals surface area contributed by atoms with Crippen molar-refractivity contribution < 1.29 is 14.4 Å². The zero-order valence-corrected chi connectivity index (χ0v) is 22.5. The van der Waals surface area contributed by atoms with Gasteiger partial charge in [-0.05, 0) is 43.4 Å². The maximum atomic E-state index is 13.5. The molecule has 1 aromatic carbocycles. The second-order valence-electron chi connectivity index (χ2n) is 8.98. The molecule has 1 heterocycles. The van der Waals surface area contributed by atoms with Crippen molar-refractivity contribution >= 4 is 45.8 Å². The second kappa shape index (κ2) is 13.3. The summed E-state index contributed by atoms with van der Waals surface area (Å²) in [5.74, 6) is -0.909. The Kier molecular flexibility index (Phi) is 9.94. The van der Waals surface area contributed by atoms with Gasteiger partial charge in [0, 0.05) is 21.0 Å². The summed E-state index contributed by atoms with van der Waals surface area (Å²) in [5.41, 5.74) is 14.1. The van der Waals surface area contributed by atoms with Crippen molar-refractivity contribution in [3.63, 3.8) is 0 Å². The highest BCUT2D eigenvalue weighted by Crippen LogP contribution is 2.26. The third-order valence-corrected chi connectivity index (χ3v) is 6.62. The summed E-state index contributed by atoms with van der Waals surface area (Å²) in [4.78, 5) is 48.4. The van der Waals surface area contributed by atoms with Gasteiger partial charge in [0.15, 0.2) is 11.1 Å². The van der Waals surface area contributed by atoms with Gasteiger partial charge in [0.05, 0.1) is 11.4 Å². The monoisotopic (exact) mass is 535 g/mol. The zero-order chi connectivity index (χ0) is 27.7. The van der Waals surface area contributed by atoms with Gasteiger partial charge in [-0.15, -0.1) is 0 Å². The maximum absolute atomic E-state index is 13.5. The summed E-state index contributed by atoms with van der Waals surface area (Å²) < 4.78 is 0. The second-order valence-corrected chi connectivity index (χ2v) is 9.98. The Morgan fingerprint density at radius 1 is 1.11 bits per heavy atom. The molecular formula is C27H33N7O3S. The minimum Gasteiger partial charge on any atom is -0.370 e. The molecule has 0 saturated heterocycles. The van der Waals surface area contributed by atoms with Crippen molar-refractivity contribution in [2.75, 3.05) is 19.4 Å². The van der Waals surface area contributed by atoms with E-state index in [0.717, 1.165) is 22.5 Å². The molecule has 10 nitrogen and oxygen atoms in total. The predicted molar refractivity (Wildman–Crippen MR) is 151 cm³/mol. The first-order valence-corrected chi connectivity index (χ1v) is 12.9. The van der Waals surface area contributed by atoms with Crippen LogP contribution in [0.25, 0.3) is 0 Å². The average molecular weight is 536 g/mol. The van der Waals surface area contributed by atoms with Crippen molar-refractivity contribution in [1.82, 2.24) is 15.2 Å². The van der Waals surface area contributed by atoms with Gasteiger partial charge in [-0.2, -0.15) is 0 Å². The molecule has 1 aromatic heterocycles. The molecule has 0 spiro atoms. The van der Waals surface area contributed by atoms with Gasteiger partial charge >= 0.3 is 0 Å². The molecule has 3 amide bonds. The average Bonchev–Trinajstić information content (AvgIpc) is 3.07. The molecule has 1 atom stereocenters. The van der Waals surface area contributed by atoms with Crippen molar-refractivity contribution in [1.29, 1.82) is 0 Å². The largest absolute Gasteiger partial charge is 0.370 e. The maximum Gasteiger partial charge on any atom is 0.264 e. The molecule has 0 radical (unpaired) electrons. The molecule has 6 N–H and O–H groups in total. The van der Waals surface area contributed by atoms with Gasteiger partial charge in [-0.1, -0.05) is 59.4 Å². The number of nitrogens with two attached hydrogens (primary N) is 2. The summed E-state index contributed by atoms with van der Waals surface area (Å²) in [6, 6.07) is 6.66. The van der Waals surface area contributed by atoms with Gasteiger partial charge in [-0.25, -0.2) is 9.98 Å². The summed E-state index contributed by atoms with van der Waals surface area (Å²) >= 11 is 1.09. The molecule has 200 valence electrons. The van der Waals surface area contributed by atoms with E-state index in [4.69, 9.17) is 11.5 Å². The lowest BCUT2D eigenvalue weighted by Gasteiger charge is -2.22. The summed E-state index contributed by atoms with van der Waals surface area (Å²) in [7, 11) is 3.32. The van der Waals surface area contributed by atoms with Crippen LogP contribution in [-0.2, 0) is 22.4 Å². The van der Waals surface area contributed by atoms with E-state index < -0.39 is 11.9 Å². The van der Waals surface area contributed by atoms with E-state index >= 15 is 0 Å². The number of rotatable bonds is 10. The number of aryl methyl sites for hydroxylation is 2. The lowest BCUT2D eigenvalue weighted by atomic mass is 10.0. The van der Waals surface area contributed by atoms with Crippen LogP contribution in [0.3, 0.4) is 0 Å². The van der Waals surface area contributed by atoms with Gasteiger partial charge in [0.2, 0.25) is 11.8 Å². The van der Waals surface area contributed by atoms with Gasteiger partial charge in [-0.3, -0.25) is 14.4 Å². The number of amides is 3. The van der Waals surface area contributed by atoms with Crippen LogP contribution in [-0.4, -0.2) is 53.7 Å². The number of hydrogen-bond donors (Lipinski definition) is 4. The fourth-order valence-electron chi connectivity index (χ4n) is 3.82. The Hall–Kier alpha value is -4.25. The fourth-order valence-corrected chi connectivity index (χ4v) is 4.78. The highest BCUT2D eigenvalue weighted by atomic mass is 32.1. The van der Waals surface area contributed by atoms with Crippen LogP contribution < -0.4 is 22.1 Å². The minimum atomic E-state index is -0.745. The highest BCUT2D eigenvalue weighted by Gasteiger charge is 2.27. The Morgan fingerprint density at radius 2 is 1.84 bits per heavy atom. The SMILES string of the molecule is CC(=O)Nc1nc(CCc2ccc(N=C(N)N)cc2)c(C(=O)N[C@@H](CC2=CC=CC=CC2)C(=O)N(C)C)s1. The van der Waals surface area contributed by atoms with Crippen LogP contribution in [0.15, 0.2) is 65.2 Å². The number of benzene rings is 1. The molecule has 3 rings (SSSR count). The Labute approximate surface area is 226 Å². The molecule has 0 saturated carbocycles. The molecule has 0 aliphatic heterocycles. The molecule has 11 heteroatoms. The van der Waals surface area contributed by atoms with E-state index in [1.807, 2.05) is 42.5 Å². The number of carbonyl (C=O) groups is 3. The number of nitrogens with one attached hydrogen (secondary N) is 2. The normalized spacial score (nSPS) is 13.2. The number of hydrogen-bond acceptors (Lipinski definition) is 6. The Bertz CT molecular complexity index is 1290. The van der Waals surface area contributed by atoms with Crippen LogP contribution in [0.1, 0.15) is 40.7 Å². The number of anilines is 1. The third-order valence-electron chi connectivity index (χ3n) is 5.61. The number of likely N-dealkylation sites (N-methyl/N-ethyl adjacent to an activating group) is 1. The topological polar surface area (TPSA) is 156 Å². The van der Waals surface area contributed by atoms with E-state index in [-0.39, 0.29) is 17.8 Å². The molecular weight excluding hydrogens is 502 g/mol. The molecule has 0 fully saturated rings. The van der Waals surface area contributed by atoms with E-state index in [0.29, 0.717) is 47.1 Å². The van der Waals surface area contributed by atoms with E-state index in [1.54, 1.807) is 26.2 Å². The Balaban J connectivity index is 1.81. The van der Waals surface area contributed by atoms with E-state index in [2.05, 4.69) is 20.6 Å². The number of guanidine groups is 1. The fraction of sp³-hybridized carbons (Fsp3) is 0.296. The lowest BCUT2D eigenvalue weighted by Crippen LogP contribution is -2.46. The first-order chi connectivity index (χ1) is 18.1. The van der Waals surface area contributed by atoms with Crippen LogP contribution in [0.4, 0.5) is 10.8 Å². The molecule has 38 heavy (non-hydrogen) atoms. The summed E-state index contributed by atoms with van der Waals surface area (Å²) in [5, 5.41) is 5.91. The van der Waals surface area contributed by atoms with Crippen molar-refractivity contribution in [2.45, 2.75) is 38.6 Å². The van der Waals surface area contributed by atoms with Crippen molar-refractivity contribution in [3.8, 4) is 0 Å². The smallest absolute Gasteiger partial charge is 0.264 e. The molecule has 1 aliphatic carbocycles. The minimum absolute atomic E-state index is 0.0179. The molecule has 0 unspecified atom stereocenters. The summed E-state index contributed by atoms with van der Waals surface area (Å²) in [6.45, 7) is 1.38. The number of thiazole rings is 1. The lowest BCUT2D eigenvalue weighted by molar-refractivity contribution is -0.130. The first-order valence-electron chi connectivity index (χ1n) is 12.1. The molecule has 2 aromatic rings. The van der Waals surface area contributed by atoms with Crippen LogP contribution in [0.2, 0.25) is 0 Å². The van der Waals surface area contributed by atoms with Crippen LogP contribution in [0, 0.1) is 0 Å². The number of allylic oxidation sites excluding steroid dienone is 5. The molecule has 0 bridgehead atoms. The van der Waals surface area contributed by atoms with Gasteiger partial charge in [0.25, 0.3) is 5.91 Å². The number of carbonyl (C=O) groups excluding carboxylic acids is 3. The van der Waals surface area contributed by atoms with Gasteiger partial charge < -0.3 is 27.0 Å². The highest BCUT2D eigenvalue weighted by molar-refractivity contribution is 7.17. The quantitative estimate of drug-likeness (QED) is 0.271.